The molecule has 9 rings (SSSR count). The number of furan rings is 1. The Bertz CT molecular complexity index is 3020. The first-order valence-electron chi connectivity index (χ1n) is 19.7. The van der Waals surface area contributed by atoms with Crippen LogP contribution in [0, 0.1) is 0 Å². The van der Waals surface area contributed by atoms with Gasteiger partial charge in [0.05, 0.1) is 17.9 Å². The van der Waals surface area contributed by atoms with Gasteiger partial charge in [0.2, 0.25) is 0 Å². The van der Waals surface area contributed by atoms with E-state index in [0.29, 0.717) is 18.2 Å². The van der Waals surface area contributed by atoms with Gasteiger partial charge in [-0.3, -0.25) is 4.99 Å². The molecular formula is C54H40N4O. The molecule has 0 fully saturated rings. The Morgan fingerprint density at radius 1 is 0.576 bits per heavy atom. The number of hydrogen-bond acceptors (Lipinski definition) is 3. The van der Waals surface area contributed by atoms with Crippen molar-refractivity contribution in [1.82, 2.24) is 4.98 Å². The third-order valence-corrected chi connectivity index (χ3v) is 10.4. The van der Waals surface area contributed by atoms with Gasteiger partial charge in [-0.25, -0.2) is 15.0 Å². The molecule has 0 saturated carbocycles. The van der Waals surface area contributed by atoms with E-state index in [1.54, 1.807) is 0 Å². The Morgan fingerprint density at radius 2 is 1.22 bits per heavy atom. The fourth-order valence-corrected chi connectivity index (χ4v) is 7.64. The fourth-order valence-electron chi connectivity index (χ4n) is 7.64. The van der Waals surface area contributed by atoms with Gasteiger partial charge in [0.15, 0.2) is 11.7 Å². The molecule has 0 unspecified atom stereocenters. The van der Waals surface area contributed by atoms with Crippen LogP contribution in [0.1, 0.15) is 29.3 Å². The average Bonchev–Trinajstić information content (AvgIpc) is 3.69. The molecule has 0 bridgehead atoms. The average molecular weight is 761 g/mol. The van der Waals surface area contributed by atoms with Gasteiger partial charge in [-0.15, -0.1) is 0 Å². The molecule has 5 nitrogen and oxygen atoms in total. The summed E-state index contributed by atoms with van der Waals surface area (Å²) in [4.78, 5) is 20.2. The third-order valence-electron chi connectivity index (χ3n) is 10.4. The monoisotopic (exact) mass is 760 g/mol. The van der Waals surface area contributed by atoms with Crippen molar-refractivity contribution in [2.45, 2.75) is 13.5 Å². The van der Waals surface area contributed by atoms with E-state index in [2.05, 4.69) is 139 Å². The van der Waals surface area contributed by atoms with E-state index in [1.807, 2.05) is 79.7 Å². The second-order valence-corrected chi connectivity index (χ2v) is 14.2. The minimum absolute atomic E-state index is 0.425. The maximum atomic E-state index is 6.39. The lowest BCUT2D eigenvalue weighted by Crippen LogP contribution is -2.06. The number of pyridine rings is 1. The summed E-state index contributed by atoms with van der Waals surface area (Å²) < 4.78 is 6.39. The van der Waals surface area contributed by atoms with Crippen LogP contribution in [0.15, 0.2) is 214 Å². The molecule has 59 heavy (non-hydrogen) atoms. The number of amidine groups is 2. The first-order chi connectivity index (χ1) is 29.2. The van der Waals surface area contributed by atoms with Crippen molar-refractivity contribution in [3.8, 4) is 44.6 Å². The summed E-state index contributed by atoms with van der Waals surface area (Å²) in [5, 5.41) is 2.09. The molecule has 7 aromatic carbocycles. The molecule has 5 heteroatoms. The minimum Gasteiger partial charge on any atom is -0.456 e. The molecule has 282 valence electrons. The number of aromatic nitrogens is 1. The van der Waals surface area contributed by atoms with E-state index in [0.717, 1.165) is 89.0 Å². The Balaban J connectivity index is 1.34. The molecule has 2 aromatic heterocycles. The maximum Gasteiger partial charge on any atom is 0.161 e. The van der Waals surface area contributed by atoms with E-state index >= 15 is 0 Å². The Kier molecular flexibility index (Phi) is 10.5. The van der Waals surface area contributed by atoms with Gasteiger partial charge in [-0.1, -0.05) is 158 Å². The van der Waals surface area contributed by atoms with E-state index in [1.165, 1.54) is 0 Å². The molecule has 0 atom stereocenters. The van der Waals surface area contributed by atoms with E-state index < -0.39 is 0 Å². The summed E-state index contributed by atoms with van der Waals surface area (Å²) in [6.45, 7) is 6.38. The molecule has 0 amide bonds. The topological polar surface area (TPSA) is 63.1 Å². The predicted octanol–water partition coefficient (Wildman–Crippen LogP) is 13.8. The summed E-state index contributed by atoms with van der Waals surface area (Å²) >= 11 is 0. The Labute approximate surface area is 344 Å². The van der Waals surface area contributed by atoms with Crippen LogP contribution in [-0.4, -0.2) is 23.4 Å². The van der Waals surface area contributed by atoms with Crippen molar-refractivity contribution in [2.75, 3.05) is 0 Å². The van der Waals surface area contributed by atoms with Gasteiger partial charge in [0.25, 0.3) is 0 Å². The van der Waals surface area contributed by atoms with Gasteiger partial charge in [0, 0.05) is 33.0 Å². The van der Waals surface area contributed by atoms with Gasteiger partial charge < -0.3 is 4.42 Å². The summed E-state index contributed by atoms with van der Waals surface area (Å²) in [6.07, 6.45) is 4.15. The highest BCUT2D eigenvalue weighted by Crippen LogP contribution is 2.41. The molecule has 0 aliphatic carbocycles. The van der Waals surface area contributed by atoms with Crippen molar-refractivity contribution >= 4 is 46.4 Å². The van der Waals surface area contributed by atoms with E-state index in [4.69, 9.17) is 19.4 Å². The van der Waals surface area contributed by atoms with Crippen LogP contribution in [0.3, 0.4) is 0 Å². The number of hydrogen-bond donors (Lipinski definition) is 0. The van der Waals surface area contributed by atoms with Gasteiger partial charge in [-0.2, -0.15) is 0 Å². The number of aliphatic imine (C=N–C) groups is 3. The number of allylic oxidation sites excluding steroid dienone is 1. The van der Waals surface area contributed by atoms with Crippen LogP contribution < -0.4 is 0 Å². The molecular weight excluding hydrogens is 721 g/mol. The number of benzene rings is 7. The molecule has 0 radical (unpaired) electrons. The highest BCUT2D eigenvalue weighted by atomic mass is 16.3. The SMILES string of the molecule is C=N/C(=N\C(=N/Cc1ccccc1)c1cc(-c2cc(-c3ccccc3)c(-c3ccccc3)c(/C=C\C)n2)cc(-c2cccc3oc4ccccc4c23)c1)c1ccccc1. The number of rotatable bonds is 9. The lowest BCUT2D eigenvalue weighted by atomic mass is 9.90. The summed E-state index contributed by atoms with van der Waals surface area (Å²) in [5.74, 6) is 1.02. The quantitative estimate of drug-likeness (QED) is 0.109. The zero-order chi connectivity index (χ0) is 40.0. The van der Waals surface area contributed by atoms with Gasteiger partial charge in [-0.05, 0) is 89.5 Å². The number of nitrogens with zero attached hydrogens (tertiary/aromatic N) is 4. The molecule has 0 aliphatic heterocycles. The minimum atomic E-state index is 0.425. The van der Waals surface area contributed by atoms with E-state index in [9.17, 15) is 0 Å². The van der Waals surface area contributed by atoms with Crippen LogP contribution in [0.25, 0.3) is 72.7 Å². The zero-order valence-corrected chi connectivity index (χ0v) is 32.7. The van der Waals surface area contributed by atoms with Gasteiger partial charge in [0.1, 0.15) is 11.2 Å². The second kappa shape index (κ2) is 16.8. The molecule has 0 aliphatic rings. The van der Waals surface area contributed by atoms with Crippen molar-refractivity contribution in [3.63, 3.8) is 0 Å². The zero-order valence-electron chi connectivity index (χ0n) is 32.7. The highest BCUT2D eigenvalue weighted by molar-refractivity contribution is 6.15. The predicted molar refractivity (Wildman–Crippen MR) is 247 cm³/mol. The van der Waals surface area contributed by atoms with Crippen molar-refractivity contribution in [1.29, 1.82) is 0 Å². The van der Waals surface area contributed by atoms with Crippen LogP contribution in [0.4, 0.5) is 0 Å². The Hall–Kier alpha value is -7.76. The maximum absolute atomic E-state index is 6.39. The first-order valence-corrected chi connectivity index (χ1v) is 19.7. The normalized spacial score (nSPS) is 12.1. The number of fused-ring (bicyclic) bond motifs is 3. The summed E-state index contributed by atoms with van der Waals surface area (Å²) in [6, 6.07) is 64.3. The van der Waals surface area contributed by atoms with Crippen LogP contribution in [0.5, 0.6) is 0 Å². The highest BCUT2D eigenvalue weighted by Gasteiger charge is 2.20. The van der Waals surface area contributed by atoms with Crippen molar-refractivity contribution < 1.29 is 4.42 Å². The van der Waals surface area contributed by atoms with E-state index in [-0.39, 0.29) is 0 Å². The fraction of sp³-hybridized carbons (Fsp3) is 0.0370. The van der Waals surface area contributed by atoms with Crippen LogP contribution in [-0.2, 0) is 6.54 Å². The molecule has 0 N–H and O–H groups in total. The molecule has 2 heterocycles. The molecule has 0 saturated heterocycles. The van der Waals surface area contributed by atoms with Crippen molar-refractivity contribution in [2.24, 2.45) is 15.0 Å². The Morgan fingerprint density at radius 3 is 1.95 bits per heavy atom. The molecule has 9 aromatic rings. The molecule has 0 spiro atoms. The van der Waals surface area contributed by atoms with Crippen molar-refractivity contribution in [3.05, 3.63) is 217 Å². The van der Waals surface area contributed by atoms with Crippen LogP contribution in [0.2, 0.25) is 0 Å². The lowest BCUT2D eigenvalue weighted by molar-refractivity contribution is 0.669. The smallest absolute Gasteiger partial charge is 0.161 e. The number of para-hydroxylation sites is 1. The first kappa shape index (κ1) is 36.9. The largest absolute Gasteiger partial charge is 0.456 e. The second-order valence-electron chi connectivity index (χ2n) is 14.2. The van der Waals surface area contributed by atoms with Gasteiger partial charge >= 0.3 is 0 Å². The standard InChI is InChI=1S/C54H40N4O/c1-3-19-47-51(39-24-12-6-13-25-39)46(38-22-10-5-11-23-38)35-48(57-47)42-32-41(44-29-18-31-50-52(44)45-28-16-17-30-49(45)59-50)33-43(34-42)54(56-36-37-20-8-4-9-21-37)58-53(55-2)40-26-14-7-15-27-40/h3-35H,2,36H2,1H3/b19-3-,56-54-,58-53-. The summed E-state index contributed by atoms with van der Waals surface area (Å²) in [5.41, 5.74) is 13.4. The third kappa shape index (κ3) is 7.70. The lowest BCUT2D eigenvalue weighted by Gasteiger charge is -2.17. The summed E-state index contributed by atoms with van der Waals surface area (Å²) in [7, 11) is 0. The van der Waals surface area contributed by atoms with Crippen LogP contribution >= 0.6 is 0 Å².